The van der Waals surface area contributed by atoms with Crippen molar-refractivity contribution >= 4 is 33.8 Å². The quantitative estimate of drug-likeness (QED) is 0.454. The Hall–Kier alpha value is -2.95. The normalized spacial score (nSPS) is 20.5. The first-order valence-electron chi connectivity index (χ1n) is 10.5. The number of alkyl halides is 3. The Balaban J connectivity index is 1.58. The Morgan fingerprint density at radius 1 is 1.21 bits per heavy atom. The first-order chi connectivity index (χ1) is 15.9. The molecule has 4 amide bonds. The Kier molecular flexibility index (Phi) is 6.17. The van der Waals surface area contributed by atoms with E-state index in [-0.39, 0.29) is 12.0 Å². The van der Waals surface area contributed by atoms with Gasteiger partial charge in [0.25, 0.3) is 5.91 Å². The van der Waals surface area contributed by atoms with Gasteiger partial charge in [0, 0.05) is 11.0 Å². The van der Waals surface area contributed by atoms with Gasteiger partial charge in [-0.25, -0.2) is 9.18 Å². The molecule has 1 spiro atoms. The fourth-order valence-electron chi connectivity index (χ4n) is 4.39. The number of fused-ring (bicyclic) bond motifs is 2. The molecule has 1 heterocycles. The highest BCUT2D eigenvalue weighted by Gasteiger charge is 2.56. The van der Waals surface area contributed by atoms with Crippen LogP contribution < -0.4 is 5.32 Å². The zero-order chi connectivity index (χ0) is 24.8. The number of hydrogen-bond acceptors (Lipinski definition) is 3. The maximum atomic E-state index is 13.5. The summed E-state index contributed by atoms with van der Waals surface area (Å²) in [7, 11) is 0. The molecule has 1 N–H and O–H groups in total. The molecule has 1 aliphatic heterocycles. The topological polar surface area (TPSA) is 69.7 Å². The fraction of sp³-hybridized carbons (Fsp3) is 0.348. The van der Waals surface area contributed by atoms with Gasteiger partial charge < -0.3 is 10.2 Å². The van der Waals surface area contributed by atoms with Crippen molar-refractivity contribution in [1.29, 1.82) is 0 Å². The molecule has 0 aromatic heterocycles. The van der Waals surface area contributed by atoms with Crippen molar-refractivity contribution in [2.75, 3.05) is 6.54 Å². The lowest BCUT2D eigenvalue weighted by Crippen LogP contribution is -2.51. The molecule has 1 aliphatic carbocycles. The minimum atomic E-state index is -4.74. The second-order valence-corrected chi connectivity index (χ2v) is 9.31. The van der Waals surface area contributed by atoms with Crippen LogP contribution in [-0.2, 0) is 28.1 Å². The van der Waals surface area contributed by atoms with E-state index in [4.69, 9.17) is 0 Å². The molecule has 11 heteroatoms. The molecule has 1 saturated heterocycles. The highest BCUT2D eigenvalue weighted by Crippen LogP contribution is 2.42. The molecule has 2 aliphatic rings. The third-order valence-electron chi connectivity index (χ3n) is 6.29. The van der Waals surface area contributed by atoms with E-state index >= 15 is 0 Å². The van der Waals surface area contributed by atoms with Crippen molar-refractivity contribution in [2.45, 2.75) is 44.1 Å². The number of carbonyl (C=O) groups excluding carboxylic acids is 3. The molecule has 0 bridgehead atoms. The SMILES string of the molecule is C[C@H](N(Cc1ccc(F)cc1)C(=O)CN1C(=O)NC2(CCc3cc(Br)ccc32)C1=O)C(F)(F)F. The lowest BCUT2D eigenvalue weighted by molar-refractivity contribution is -0.187. The van der Waals surface area contributed by atoms with Crippen LogP contribution in [-0.4, -0.2) is 46.4 Å². The van der Waals surface area contributed by atoms with Crippen molar-refractivity contribution in [3.8, 4) is 0 Å². The lowest BCUT2D eigenvalue weighted by atomic mass is 9.92. The first kappa shape index (κ1) is 24.2. The van der Waals surface area contributed by atoms with Gasteiger partial charge in [-0.05, 0) is 60.7 Å². The van der Waals surface area contributed by atoms with Gasteiger partial charge in [-0.3, -0.25) is 14.5 Å². The smallest absolute Gasteiger partial charge is 0.325 e. The number of urea groups is 1. The number of amides is 4. The molecule has 2 aromatic rings. The van der Waals surface area contributed by atoms with Crippen molar-refractivity contribution in [2.24, 2.45) is 0 Å². The number of hydrogen-bond donors (Lipinski definition) is 1. The average molecular weight is 542 g/mol. The second kappa shape index (κ2) is 8.68. The second-order valence-electron chi connectivity index (χ2n) is 8.39. The van der Waals surface area contributed by atoms with E-state index < -0.39 is 54.5 Å². The fourth-order valence-corrected chi connectivity index (χ4v) is 4.80. The maximum absolute atomic E-state index is 13.5. The molecule has 4 rings (SSSR count). The zero-order valence-corrected chi connectivity index (χ0v) is 19.5. The van der Waals surface area contributed by atoms with E-state index in [0.717, 1.165) is 29.1 Å². The number of rotatable bonds is 5. The summed E-state index contributed by atoms with van der Waals surface area (Å²) >= 11 is 3.36. The highest BCUT2D eigenvalue weighted by molar-refractivity contribution is 9.10. The molecule has 34 heavy (non-hydrogen) atoms. The van der Waals surface area contributed by atoms with Gasteiger partial charge in [-0.15, -0.1) is 0 Å². The monoisotopic (exact) mass is 541 g/mol. The van der Waals surface area contributed by atoms with E-state index in [9.17, 15) is 31.9 Å². The van der Waals surface area contributed by atoms with Gasteiger partial charge in [-0.2, -0.15) is 13.2 Å². The van der Waals surface area contributed by atoms with E-state index in [1.54, 1.807) is 12.1 Å². The van der Waals surface area contributed by atoms with Crippen LogP contribution in [0.3, 0.4) is 0 Å². The number of aryl methyl sites for hydroxylation is 1. The molecule has 0 radical (unpaired) electrons. The third kappa shape index (κ3) is 4.28. The van der Waals surface area contributed by atoms with Gasteiger partial charge in [0.1, 0.15) is 23.9 Å². The van der Waals surface area contributed by atoms with Gasteiger partial charge in [0.2, 0.25) is 5.91 Å². The molecule has 6 nitrogen and oxygen atoms in total. The molecule has 180 valence electrons. The summed E-state index contributed by atoms with van der Waals surface area (Å²) < 4.78 is 54.6. The number of carbonyl (C=O) groups is 3. The Morgan fingerprint density at radius 3 is 2.53 bits per heavy atom. The van der Waals surface area contributed by atoms with Crippen molar-refractivity contribution in [1.82, 2.24) is 15.1 Å². The molecular formula is C23H20BrF4N3O3. The number of nitrogens with one attached hydrogen (secondary N) is 1. The summed E-state index contributed by atoms with van der Waals surface area (Å²) in [5.74, 6) is -2.30. The predicted molar refractivity (Wildman–Crippen MR) is 117 cm³/mol. The van der Waals surface area contributed by atoms with Gasteiger partial charge in [0.15, 0.2) is 0 Å². The molecule has 0 saturated carbocycles. The van der Waals surface area contributed by atoms with E-state index in [1.807, 2.05) is 6.07 Å². The van der Waals surface area contributed by atoms with Crippen LogP contribution in [0, 0.1) is 5.82 Å². The van der Waals surface area contributed by atoms with Gasteiger partial charge >= 0.3 is 12.2 Å². The third-order valence-corrected chi connectivity index (χ3v) is 6.79. The van der Waals surface area contributed by atoms with Crippen LogP contribution in [0.5, 0.6) is 0 Å². The summed E-state index contributed by atoms with van der Waals surface area (Å²) in [6.45, 7) is -0.495. The Bertz CT molecular complexity index is 1160. The molecule has 2 aromatic carbocycles. The summed E-state index contributed by atoms with van der Waals surface area (Å²) in [4.78, 5) is 40.2. The van der Waals surface area contributed by atoms with Gasteiger partial charge in [0.05, 0.1) is 0 Å². The summed E-state index contributed by atoms with van der Waals surface area (Å²) in [6.07, 6.45) is -3.94. The molecule has 1 fully saturated rings. The minimum absolute atomic E-state index is 0.273. The maximum Gasteiger partial charge on any atom is 0.408 e. The van der Waals surface area contributed by atoms with Crippen molar-refractivity contribution in [3.05, 3.63) is 69.4 Å². The number of imide groups is 1. The molecule has 1 unspecified atom stereocenters. The van der Waals surface area contributed by atoms with Crippen LogP contribution in [0.15, 0.2) is 46.9 Å². The number of benzene rings is 2. The van der Waals surface area contributed by atoms with Gasteiger partial charge in [-0.1, -0.05) is 34.1 Å². The summed E-state index contributed by atoms with van der Waals surface area (Å²) in [5, 5.41) is 2.65. The summed E-state index contributed by atoms with van der Waals surface area (Å²) in [5.41, 5.74) is 0.399. The van der Waals surface area contributed by atoms with Crippen molar-refractivity contribution < 1.29 is 31.9 Å². The van der Waals surface area contributed by atoms with E-state index in [2.05, 4.69) is 21.2 Å². The zero-order valence-electron chi connectivity index (χ0n) is 18.0. The van der Waals surface area contributed by atoms with Crippen molar-refractivity contribution in [3.63, 3.8) is 0 Å². The van der Waals surface area contributed by atoms with Crippen LogP contribution in [0.4, 0.5) is 22.4 Å². The predicted octanol–water partition coefficient (Wildman–Crippen LogP) is 4.26. The van der Waals surface area contributed by atoms with Crippen LogP contribution in [0.25, 0.3) is 0 Å². The minimum Gasteiger partial charge on any atom is -0.325 e. The van der Waals surface area contributed by atoms with E-state index in [1.165, 1.54) is 12.1 Å². The number of nitrogens with zero attached hydrogens (tertiary/aromatic N) is 2. The first-order valence-corrected chi connectivity index (χ1v) is 11.3. The summed E-state index contributed by atoms with van der Waals surface area (Å²) in [6, 6.07) is 6.95. The average Bonchev–Trinajstić information content (AvgIpc) is 3.24. The number of halogens is 5. The van der Waals surface area contributed by atoms with Crippen LogP contribution in [0.1, 0.15) is 30.0 Å². The standard InChI is InChI=1S/C23H20BrF4N3O3/c1-13(23(26,27)28)30(11-14-2-5-17(25)6-3-14)19(32)12-31-20(33)22(29-21(31)34)9-8-15-10-16(24)4-7-18(15)22/h2-7,10,13H,8-9,11-12H2,1H3,(H,29,34)/t13-,22?/m0/s1. The Morgan fingerprint density at radius 2 is 1.88 bits per heavy atom. The molecular weight excluding hydrogens is 522 g/mol. The van der Waals surface area contributed by atoms with Crippen LogP contribution in [0.2, 0.25) is 0 Å². The lowest BCUT2D eigenvalue weighted by Gasteiger charge is -2.32. The highest BCUT2D eigenvalue weighted by atomic mass is 79.9. The van der Waals surface area contributed by atoms with E-state index in [0.29, 0.717) is 21.8 Å². The largest absolute Gasteiger partial charge is 0.408 e. The molecule has 2 atom stereocenters. The van der Waals surface area contributed by atoms with Crippen LogP contribution >= 0.6 is 15.9 Å². The Labute approximate surface area is 201 Å².